The molecule has 0 unspecified atom stereocenters. The largest absolute Gasteiger partial charge is 2.00 e. The quantitative estimate of drug-likeness (QED) is 0.461. The number of aromatic nitrogens is 4. The van der Waals surface area contributed by atoms with Crippen molar-refractivity contribution in [2.45, 2.75) is 26.4 Å². The third kappa shape index (κ3) is 7.84. The van der Waals surface area contributed by atoms with E-state index in [4.69, 9.17) is 24.5 Å². The molecule has 0 aliphatic carbocycles. The summed E-state index contributed by atoms with van der Waals surface area (Å²) in [6.45, 7) is 4.48. The van der Waals surface area contributed by atoms with Crippen LogP contribution < -0.4 is 14.9 Å². The molecule has 0 saturated carbocycles. The van der Waals surface area contributed by atoms with Crippen LogP contribution >= 0.6 is 0 Å². The number of hydrogen-bond donors (Lipinski definition) is 1. The second-order valence-corrected chi connectivity index (χ2v) is 6.37. The van der Waals surface area contributed by atoms with Crippen LogP contribution in [0.15, 0.2) is 49.1 Å². The summed E-state index contributed by atoms with van der Waals surface area (Å²) in [6, 6.07) is 7.37. The number of carbonyl (C=O) groups excluding carboxylic acids is 2. The van der Waals surface area contributed by atoms with Crippen LogP contribution in [0.5, 0.6) is 5.75 Å². The van der Waals surface area contributed by atoms with Gasteiger partial charge < -0.3 is 38.8 Å². The smallest absolute Gasteiger partial charge is 0.550 e. The van der Waals surface area contributed by atoms with Crippen molar-refractivity contribution < 1.29 is 46.7 Å². The van der Waals surface area contributed by atoms with Gasteiger partial charge >= 0.3 is 17.1 Å². The van der Waals surface area contributed by atoms with E-state index in [1.807, 2.05) is 45.3 Å². The van der Waals surface area contributed by atoms with Gasteiger partial charge in [-0.05, 0) is 38.5 Å². The fraction of sp³-hybridized carbons (Fsp3) is 0.333. The second kappa shape index (κ2) is 13.3. The van der Waals surface area contributed by atoms with Gasteiger partial charge in [-0.3, -0.25) is 0 Å². The summed E-state index contributed by atoms with van der Waals surface area (Å²) in [6.07, 6.45) is 6.94. The average molecular weight is 494 g/mol. The number of aliphatic hydroxyl groups is 1. The van der Waals surface area contributed by atoms with Crippen LogP contribution in [0.1, 0.15) is 38.0 Å². The van der Waals surface area contributed by atoms with Crippen LogP contribution in [0.3, 0.4) is 0 Å². The molecule has 3 rings (SSSR count). The molecule has 2 aromatic heterocycles. The van der Waals surface area contributed by atoms with Gasteiger partial charge in [-0.2, -0.15) is 0 Å². The number of carbonyl (C=O) groups is 2. The Kier molecular flexibility index (Phi) is 12.0. The van der Waals surface area contributed by atoms with E-state index >= 15 is 0 Å². The average Bonchev–Trinajstić information content (AvgIpc) is 3.30. The van der Waals surface area contributed by atoms with E-state index in [-0.39, 0.29) is 17.1 Å². The van der Waals surface area contributed by atoms with Crippen molar-refractivity contribution in [1.29, 1.82) is 0 Å². The molecule has 177 valence electrons. The number of aryl methyl sites for hydroxylation is 2. The number of carboxylic acid groups (broad SMARTS) is 2. The number of carboxylic acids is 2. The summed E-state index contributed by atoms with van der Waals surface area (Å²) >= 11 is 0. The molecule has 0 bridgehead atoms. The monoisotopic (exact) mass is 493 g/mol. The standard InChI is InChI=1S/C17H20N4O2.2C2H4O2.Cu/c1-4-23-14-7-5-13(6-8-14)17(22,15-18-9-11-20(15)2)16-19-10-12-21(16)3;2*1-2(3)4;/h5-12,22H,4H2,1-3H3;2*1H3,(H,3,4);/q;;;+2/p-2. The van der Waals surface area contributed by atoms with Crippen molar-refractivity contribution in [3.05, 3.63) is 66.3 Å². The minimum atomic E-state index is -1.44. The Hall–Kier alpha value is -3.14. The summed E-state index contributed by atoms with van der Waals surface area (Å²) in [7, 11) is 3.70. The summed E-state index contributed by atoms with van der Waals surface area (Å²) in [5, 5.41) is 29.4. The van der Waals surface area contributed by atoms with Gasteiger partial charge in [0.1, 0.15) is 5.75 Å². The van der Waals surface area contributed by atoms with Crippen molar-refractivity contribution in [1.82, 2.24) is 19.1 Å². The number of rotatable bonds is 5. The second-order valence-electron chi connectivity index (χ2n) is 6.37. The van der Waals surface area contributed by atoms with Crippen LogP contribution in [-0.4, -0.2) is 42.8 Å². The molecular formula is C21H26CuN4O6. The first-order valence-electron chi connectivity index (χ1n) is 9.30. The van der Waals surface area contributed by atoms with Crippen molar-refractivity contribution in [2.24, 2.45) is 14.1 Å². The van der Waals surface area contributed by atoms with Crippen molar-refractivity contribution in [3.63, 3.8) is 0 Å². The topological polar surface area (TPSA) is 145 Å². The molecule has 0 atom stereocenters. The first-order chi connectivity index (χ1) is 14.5. The summed E-state index contributed by atoms with van der Waals surface area (Å²) in [4.78, 5) is 26.5. The van der Waals surface area contributed by atoms with Crippen LogP contribution in [-0.2, 0) is 46.4 Å². The van der Waals surface area contributed by atoms with Crippen LogP contribution in [0.4, 0.5) is 0 Å². The number of nitrogens with zero attached hydrogens (tertiary/aromatic N) is 4. The molecule has 1 aromatic carbocycles. The van der Waals surface area contributed by atoms with Gasteiger partial charge in [-0.1, -0.05) is 12.1 Å². The zero-order valence-corrected chi connectivity index (χ0v) is 19.3. The van der Waals surface area contributed by atoms with E-state index in [1.165, 1.54) is 0 Å². The molecule has 3 aromatic rings. The third-order valence-electron chi connectivity index (χ3n) is 3.87. The normalized spacial score (nSPS) is 9.94. The van der Waals surface area contributed by atoms with E-state index in [0.717, 1.165) is 19.6 Å². The Morgan fingerprint density at radius 1 is 0.969 bits per heavy atom. The molecule has 11 heteroatoms. The number of aliphatic carboxylic acids is 2. The fourth-order valence-electron chi connectivity index (χ4n) is 2.75. The van der Waals surface area contributed by atoms with Gasteiger partial charge in [0.15, 0.2) is 11.6 Å². The maximum atomic E-state index is 11.6. The number of benzene rings is 1. The van der Waals surface area contributed by atoms with Crippen LogP contribution in [0.2, 0.25) is 0 Å². The van der Waals surface area contributed by atoms with Gasteiger partial charge in [-0.25, -0.2) is 9.97 Å². The van der Waals surface area contributed by atoms with E-state index < -0.39 is 17.5 Å². The molecule has 0 fully saturated rings. The number of ether oxygens (including phenoxy) is 1. The molecule has 0 amide bonds. The minimum absolute atomic E-state index is 0. The SMILES string of the molecule is CC(=O)[O-].CC(=O)[O-].CCOc1ccc(C(O)(c2nccn2C)c2nccn2C)cc1.[Cu+2]. The molecule has 0 aliphatic rings. The first kappa shape index (κ1) is 28.9. The van der Waals surface area contributed by atoms with Gasteiger partial charge in [0.2, 0.25) is 5.60 Å². The first-order valence-corrected chi connectivity index (χ1v) is 9.30. The van der Waals surface area contributed by atoms with E-state index in [9.17, 15) is 5.11 Å². The number of hydrogen-bond acceptors (Lipinski definition) is 8. The Morgan fingerprint density at radius 2 is 1.34 bits per heavy atom. The van der Waals surface area contributed by atoms with Gasteiger partial charge in [-0.15, -0.1) is 0 Å². The van der Waals surface area contributed by atoms with Gasteiger partial charge in [0.25, 0.3) is 0 Å². The van der Waals surface area contributed by atoms with E-state index in [2.05, 4.69) is 9.97 Å². The summed E-state index contributed by atoms with van der Waals surface area (Å²) in [5.74, 6) is -0.384. The Morgan fingerprint density at radius 3 is 1.62 bits per heavy atom. The van der Waals surface area contributed by atoms with E-state index in [0.29, 0.717) is 23.8 Å². The van der Waals surface area contributed by atoms with Crippen LogP contribution in [0, 0.1) is 0 Å². The van der Waals surface area contributed by atoms with E-state index in [1.54, 1.807) is 33.9 Å². The molecular weight excluding hydrogens is 468 g/mol. The molecule has 32 heavy (non-hydrogen) atoms. The molecule has 1 radical (unpaired) electrons. The predicted molar refractivity (Wildman–Crippen MR) is 107 cm³/mol. The third-order valence-corrected chi connectivity index (χ3v) is 3.87. The van der Waals surface area contributed by atoms with Crippen LogP contribution in [0.25, 0.3) is 0 Å². The maximum absolute atomic E-state index is 11.6. The Bertz CT molecular complexity index is 924. The zero-order chi connectivity index (χ0) is 23.6. The number of imidazole rings is 2. The molecule has 0 aliphatic heterocycles. The minimum Gasteiger partial charge on any atom is -0.550 e. The zero-order valence-electron chi connectivity index (χ0n) is 18.4. The summed E-state index contributed by atoms with van der Waals surface area (Å²) < 4.78 is 9.07. The molecule has 0 saturated heterocycles. The Balaban J connectivity index is 0.000000928. The van der Waals surface area contributed by atoms with Gasteiger partial charge in [0, 0.05) is 50.8 Å². The Labute approximate surface area is 197 Å². The van der Waals surface area contributed by atoms with Crippen molar-refractivity contribution >= 4 is 11.9 Å². The summed E-state index contributed by atoms with van der Waals surface area (Å²) in [5.41, 5.74) is -0.758. The fourth-order valence-corrected chi connectivity index (χ4v) is 2.75. The predicted octanol–water partition coefficient (Wildman–Crippen LogP) is -0.654. The van der Waals surface area contributed by atoms with Gasteiger partial charge in [0.05, 0.1) is 6.61 Å². The maximum Gasteiger partial charge on any atom is 2.00 e. The molecule has 1 N–H and O–H groups in total. The molecule has 2 heterocycles. The molecule has 0 spiro atoms. The van der Waals surface area contributed by atoms with Crippen molar-refractivity contribution in [3.8, 4) is 5.75 Å². The van der Waals surface area contributed by atoms with Crippen molar-refractivity contribution in [2.75, 3.05) is 6.61 Å². The molecule has 10 nitrogen and oxygen atoms in total.